The number of nitrogens with two attached hydrogens (primary N) is 1. The summed E-state index contributed by atoms with van der Waals surface area (Å²) in [7, 11) is 0. The molecular formula is C11H9N3O2. The van der Waals surface area contributed by atoms with Crippen molar-refractivity contribution in [2.45, 2.75) is 0 Å². The molecule has 16 heavy (non-hydrogen) atoms. The maximum absolute atomic E-state index is 11.3. The van der Waals surface area contributed by atoms with Crippen LogP contribution in [-0.2, 0) is 4.79 Å². The number of primary amides is 1. The van der Waals surface area contributed by atoms with E-state index in [0.29, 0.717) is 5.56 Å². The summed E-state index contributed by atoms with van der Waals surface area (Å²) in [5.41, 5.74) is 5.29. The van der Waals surface area contributed by atoms with Gasteiger partial charge in [-0.25, -0.2) is 4.79 Å². The Morgan fingerprint density at radius 3 is 2.44 bits per heavy atom. The van der Waals surface area contributed by atoms with Crippen molar-refractivity contribution >= 4 is 18.0 Å². The molecule has 0 fully saturated rings. The predicted molar refractivity (Wildman–Crippen MR) is 57.8 cm³/mol. The van der Waals surface area contributed by atoms with Gasteiger partial charge in [0.2, 0.25) is 0 Å². The number of rotatable bonds is 2. The summed E-state index contributed by atoms with van der Waals surface area (Å²) < 4.78 is 0. The van der Waals surface area contributed by atoms with Gasteiger partial charge in [-0.2, -0.15) is 5.26 Å². The Labute approximate surface area is 92.2 Å². The quantitative estimate of drug-likeness (QED) is 0.563. The van der Waals surface area contributed by atoms with Crippen molar-refractivity contribution in [1.82, 2.24) is 5.32 Å². The second-order valence-electron chi connectivity index (χ2n) is 2.90. The van der Waals surface area contributed by atoms with Gasteiger partial charge in [-0.1, -0.05) is 30.3 Å². The maximum atomic E-state index is 11.3. The van der Waals surface area contributed by atoms with E-state index in [4.69, 9.17) is 11.0 Å². The van der Waals surface area contributed by atoms with Crippen molar-refractivity contribution in [3.63, 3.8) is 0 Å². The molecule has 0 saturated carbocycles. The molecule has 0 heterocycles. The fourth-order valence-corrected chi connectivity index (χ4v) is 1.04. The van der Waals surface area contributed by atoms with Gasteiger partial charge >= 0.3 is 6.03 Å². The van der Waals surface area contributed by atoms with Crippen LogP contribution in [0.2, 0.25) is 0 Å². The molecule has 0 radical (unpaired) electrons. The van der Waals surface area contributed by atoms with Gasteiger partial charge in [0.15, 0.2) is 0 Å². The SMILES string of the molecule is N#C/C(=C\c1ccccc1)C(=O)NC(N)=O. The van der Waals surface area contributed by atoms with E-state index in [0.717, 1.165) is 0 Å². The molecule has 5 nitrogen and oxygen atoms in total. The zero-order chi connectivity index (χ0) is 12.0. The van der Waals surface area contributed by atoms with E-state index in [1.165, 1.54) is 6.08 Å². The fourth-order valence-electron chi connectivity index (χ4n) is 1.04. The monoisotopic (exact) mass is 215 g/mol. The lowest BCUT2D eigenvalue weighted by atomic mass is 10.1. The first-order valence-electron chi connectivity index (χ1n) is 4.41. The van der Waals surface area contributed by atoms with Crippen LogP contribution >= 0.6 is 0 Å². The number of hydrogen-bond donors (Lipinski definition) is 2. The van der Waals surface area contributed by atoms with E-state index in [2.05, 4.69) is 0 Å². The number of carbonyl (C=O) groups excluding carboxylic acids is 2. The highest BCUT2D eigenvalue weighted by atomic mass is 16.2. The third-order valence-electron chi connectivity index (χ3n) is 1.71. The van der Waals surface area contributed by atoms with E-state index < -0.39 is 11.9 Å². The summed E-state index contributed by atoms with van der Waals surface area (Å²) in [6.45, 7) is 0. The highest BCUT2D eigenvalue weighted by molar-refractivity contribution is 6.08. The van der Waals surface area contributed by atoms with Crippen molar-refractivity contribution in [2.24, 2.45) is 5.73 Å². The third kappa shape index (κ3) is 3.27. The average Bonchev–Trinajstić information content (AvgIpc) is 2.26. The van der Waals surface area contributed by atoms with Gasteiger partial charge in [0.25, 0.3) is 5.91 Å². The Bertz CT molecular complexity index is 472. The van der Waals surface area contributed by atoms with Crippen LogP contribution in [-0.4, -0.2) is 11.9 Å². The summed E-state index contributed by atoms with van der Waals surface area (Å²) in [5.74, 6) is -0.807. The molecule has 0 saturated heterocycles. The van der Waals surface area contributed by atoms with Crippen LogP contribution in [0.4, 0.5) is 4.79 Å². The lowest BCUT2D eigenvalue weighted by Gasteiger charge is -1.98. The second kappa shape index (κ2) is 5.32. The van der Waals surface area contributed by atoms with Gasteiger partial charge in [-0.3, -0.25) is 10.1 Å². The van der Waals surface area contributed by atoms with Crippen molar-refractivity contribution < 1.29 is 9.59 Å². The molecule has 1 aromatic carbocycles. The van der Waals surface area contributed by atoms with Crippen LogP contribution in [0, 0.1) is 11.3 Å². The second-order valence-corrected chi connectivity index (χ2v) is 2.90. The number of imide groups is 1. The molecule has 0 spiro atoms. The standard InChI is InChI=1S/C11H9N3O2/c12-7-9(10(15)14-11(13)16)6-8-4-2-1-3-5-8/h1-6H,(H3,13,14,15,16)/b9-6+. The minimum Gasteiger partial charge on any atom is -0.351 e. The summed E-state index contributed by atoms with van der Waals surface area (Å²) in [4.78, 5) is 21.7. The van der Waals surface area contributed by atoms with Crippen LogP contribution in [0.5, 0.6) is 0 Å². The van der Waals surface area contributed by atoms with Crippen molar-refractivity contribution in [3.05, 3.63) is 41.5 Å². The molecule has 0 aliphatic heterocycles. The van der Waals surface area contributed by atoms with Crippen molar-refractivity contribution in [2.75, 3.05) is 0 Å². The number of urea groups is 1. The highest BCUT2D eigenvalue weighted by Gasteiger charge is 2.10. The summed E-state index contributed by atoms with van der Waals surface area (Å²) in [6.07, 6.45) is 1.37. The zero-order valence-electron chi connectivity index (χ0n) is 8.31. The Morgan fingerprint density at radius 2 is 1.94 bits per heavy atom. The first-order chi connectivity index (χ1) is 7.63. The van der Waals surface area contributed by atoms with E-state index in [-0.39, 0.29) is 5.57 Å². The molecule has 0 unspecified atom stereocenters. The predicted octanol–water partition coefficient (Wildman–Crippen LogP) is 0.788. The van der Waals surface area contributed by atoms with Gasteiger partial charge in [-0.15, -0.1) is 0 Å². The normalized spacial score (nSPS) is 10.3. The van der Waals surface area contributed by atoms with Crippen LogP contribution in [0.15, 0.2) is 35.9 Å². The average molecular weight is 215 g/mol. The molecule has 80 valence electrons. The van der Waals surface area contributed by atoms with Crippen molar-refractivity contribution in [3.8, 4) is 6.07 Å². The molecule has 3 amide bonds. The van der Waals surface area contributed by atoms with Gasteiger partial charge in [0.05, 0.1) is 0 Å². The lowest BCUT2D eigenvalue weighted by molar-refractivity contribution is -0.115. The molecule has 1 rings (SSSR count). The smallest absolute Gasteiger partial charge is 0.319 e. The molecule has 0 aliphatic rings. The van der Waals surface area contributed by atoms with Gasteiger partial charge in [-0.05, 0) is 11.6 Å². The largest absolute Gasteiger partial charge is 0.351 e. The lowest BCUT2D eigenvalue weighted by Crippen LogP contribution is -2.35. The van der Waals surface area contributed by atoms with Gasteiger partial charge < -0.3 is 5.73 Å². The molecular weight excluding hydrogens is 206 g/mol. The minimum absolute atomic E-state index is 0.176. The molecule has 0 bridgehead atoms. The number of nitriles is 1. The molecule has 0 aromatic heterocycles. The summed E-state index contributed by atoms with van der Waals surface area (Å²) in [6, 6.07) is 9.53. The molecule has 3 N–H and O–H groups in total. The van der Waals surface area contributed by atoms with E-state index in [1.54, 1.807) is 30.3 Å². The van der Waals surface area contributed by atoms with Crippen LogP contribution < -0.4 is 11.1 Å². The fraction of sp³-hybridized carbons (Fsp3) is 0. The number of amides is 3. The van der Waals surface area contributed by atoms with E-state index in [9.17, 15) is 9.59 Å². The third-order valence-corrected chi connectivity index (χ3v) is 1.71. The van der Waals surface area contributed by atoms with Crippen LogP contribution in [0.3, 0.4) is 0 Å². The Balaban J connectivity index is 2.92. The molecule has 0 aliphatic carbocycles. The zero-order valence-corrected chi connectivity index (χ0v) is 8.31. The highest BCUT2D eigenvalue weighted by Crippen LogP contribution is 2.05. The number of benzene rings is 1. The molecule has 0 atom stereocenters. The Morgan fingerprint density at radius 1 is 1.31 bits per heavy atom. The summed E-state index contributed by atoms with van der Waals surface area (Å²) >= 11 is 0. The number of carbonyl (C=O) groups is 2. The Kier molecular flexibility index (Phi) is 3.81. The van der Waals surface area contributed by atoms with Crippen molar-refractivity contribution in [1.29, 1.82) is 5.26 Å². The maximum Gasteiger partial charge on any atom is 0.319 e. The first kappa shape index (κ1) is 11.5. The summed E-state index contributed by atoms with van der Waals surface area (Å²) in [5, 5.41) is 10.6. The molecule has 5 heteroatoms. The van der Waals surface area contributed by atoms with Gasteiger partial charge in [0, 0.05) is 0 Å². The minimum atomic E-state index is -0.987. The topological polar surface area (TPSA) is 96.0 Å². The molecule has 1 aromatic rings. The van der Waals surface area contributed by atoms with E-state index in [1.807, 2.05) is 11.4 Å². The number of nitrogens with one attached hydrogen (secondary N) is 1. The van der Waals surface area contributed by atoms with Gasteiger partial charge in [0.1, 0.15) is 11.6 Å². The Hall–Kier alpha value is -2.61. The first-order valence-corrected chi connectivity index (χ1v) is 4.41. The number of nitrogens with zero attached hydrogens (tertiary/aromatic N) is 1. The van der Waals surface area contributed by atoms with Crippen LogP contribution in [0.1, 0.15) is 5.56 Å². The van der Waals surface area contributed by atoms with E-state index >= 15 is 0 Å². The van der Waals surface area contributed by atoms with Crippen LogP contribution in [0.25, 0.3) is 6.08 Å². The number of hydrogen-bond acceptors (Lipinski definition) is 3.